The van der Waals surface area contributed by atoms with E-state index in [0.29, 0.717) is 35.0 Å². The zero-order chi connectivity index (χ0) is 21.2. The van der Waals surface area contributed by atoms with E-state index in [-0.39, 0.29) is 5.56 Å². The second kappa shape index (κ2) is 7.87. The normalized spacial score (nSPS) is 11.0. The highest BCUT2D eigenvalue weighted by Crippen LogP contribution is 2.28. The maximum absolute atomic E-state index is 13.2. The van der Waals surface area contributed by atoms with E-state index in [4.69, 9.17) is 9.26 Å². The molecule has 0 N–H and O–H groups in total. The Morgan fingerprint density at radius 1 is 0.968 bits per heavy atom. The molecule has 0 spiro atoms. The molecule has 0 bridgehead atoms. The van der Waals surface area contributed by atoms with E-state index >= 15 is 0 Å². The fourth-order valence-electron chi connectivity index (χ4n) is 3.47. The second-order valence-electron chi connectivity index (χ2n) is 6.85. The lowest BCUT2D eigenvalue weighted by Crippen LogP contribution is -2.18. The summed E-state index contributed by atoms with van der Waals surface area (Å²) in [5, 5.41) is 5.43. The maximum atomic E-state index is 13.2. The van der Waals surface area contributed by atoms with Crippen molar-refractivity contribution in [1.29, 1.82) is 0 Å². The number of hydrogen-bond donors (Lipinski definition) is 0. The van der Waals surface area contributed by atoms with Gasteiger partial charge in [0.15, 0.2) is 0 Å². The van der Waals surface area contributed by atoms with Crippen LogP contribution in [0.25, 0.3) is 39.3 Å². The molecular formula is C24H18N4O3. The van der Waals surface area contributed by atoms with Gasteiger partial charge in [0, 0.05) is 40.6 Å². The summed E-state index contributed by atoms with van der Waals surface area (Å²) in [5.41, 5.74) is 2.07. The molecule has 0 fully saturated rings. The van der Waals surface area contributed by atoms with Crippen molar-refractivity contribution in [3.8, 4) is 34.3 Å². The highest BCUT2D eigenvalue weighted by atomic mass is 16.5. The molecule has 5 rings (SSSR count). The molecule has 0 aliphatic carbocycles. The van der Waals surface area contributed by atoms with Crippen molar-refractivity contribution in [1.82, 2.24) is 19.7 Å². The topological polar surface area (TPSA) is 83.0 Å². The van der Waals surface area contributed by atoms with Crippen LogP contribution in [0.2, 0.25) is 0 Å². The Balaban J connectivity index is 1.67. The largest absolute Gasteiger partial charge is 0.494 e. The summed E-state index contributed by atoms with van der Waals surface area (Å²) in [6.45, 7) is 2.51. The molecule has 0 amide bonds. The minimum absolute atomic E-state index is 0.127. The zero-order valence-corrected chi connectivity index (χ0v) is 16.7. The lowest BCUT2D eigenvalue weighted by atomic mass is 10.1. The number of aromatic nitrogens is 4. The number of hydrogen-bond acceptors (Lipinski definition) is 6. The van der Waals surface area contributed by atoms with Gasteiger partial charge in [-0.3, -0.25) is 14.3 Å². The molecule has 0 radical (unpaired) electrons. The van der Waals surface area contributed by atoms with Gasteiger partial charge in [-0.05, 0) is 49.4 Å². The Morgan fingerprint density at radius 2 is 1.71 bits per heavy atom. The molecule has 7 heteroatoms. The number of pyridine rings is 2. The first-order valence-corrected chi connectivity index (χ1v) is 9.86. The quantitative estimate of drug-likeness (QED) is 0.424. The fourth-order valence-corrected chi connectivity index (χ4v) is 3.47. The summed E-state index contributed by atoms with van der Waals surface area (Å²) in [6.07, 6.45) is 5.09. The summed E-state index contributed by atoms with van der Waals surface area (Å²) in [5.74, 6) is 1.54. The Hall–Kier alpha value is -4.26. The van der Waals surface area contributed by atoms with Crippen LogP contribution in [-0.2, 0) is 0 Å². The summed E-state index contributed by atoms with van der Waals surface area (Å²) < 4.78 is 12.7. The van der Waals surface area contributed by atoms with Gasteiger partial charge in [0.25, 0.3) is 11.4 Å². The van der Waals surface area contributed by atoms with Crippen LogP contribution >= 0.6 is 0 Å². The fraction of sp³-hybridized carbons (Fsp3) is 0.0833. The van der Waals surface area contributed by atoms with E-state index in [1.165, 1.54) is 0 Å². The average Bonchev–Trinajstić information content (AvgIpc) is 3.31. The molecule has 152 valence electrons. The van der Waals surface area contributed by atoms with Gasteiger partial charge < -0.3 is 9.26 Å². The van der Waals surface area contributed by atoms with E-state index in [9.17, 15) is 4.79 Å². The van der Waals surface area contributed by atoms with E-state index in [2.05, 4.69) is 15.1 Å². The van der Waals surface area contributed by atoms with E-state index in [1.807, 2.05) is 61.5 Å². The van der Waals surface area contributed by atoms with E-state index in [1.54, 1.807) is 29.2 Å². The minimum Gasteiger partial charge on any atom is -0.494 e. The molecule has 3 aromatic heterocycles. The zero-order valence-electron chi connectivity index (χ0n) is 16.7. The standard InChI is InChI=1S/C24H18N4O3/c1-2-30-18-9-7-17(8-10-18)28-15-21(19-5-3-4-6-20(19)24(28)29)23-26-22(27-31-23)16-11-13-25-14-12-16/h3-15H,2H2,1H3. The third kappa shape index (κ3) is 3.46. The predicted octanol–water partition coefficient (Wildman–Crippen LogP) is 4.50. The van der Waals surface area contributed by atoms with Crippen LogP contribution in [0.15, 0.2) is 88.6 Å². The highest BCUT2D eigenvalue weighted by molar-refractivity contribution is 5.94. The van der Waals surface area contributed by atoms with Gasteiger partial charge in [-0.2, -0.15) is 4.98 Å². The van der Waals surface area contributed by atoms with Crippen molar-refractivity contribution in [2.24, 2.45) is 0 Å². The van der Waals surface area contributed by atoms with Crippen molar-refractivity contribution >= 4 is 10.8 Å². The van der Waals surface area contributed by atoms with Crippen LogP contribution in [0.1, 0.15) is 6.92 Å². The van der Waals surface area contributed by atoms with Crippen molar-refractivity contribution in [3.05, 3.63) is 89.6 Å². The van der Waals surface area contributed by atoms with Crippen LogP contribution in [0.5, 0.6) is 5.75 Å². The summed E-state index contributed by atoms with van der Waals surface area (Å²) in [6, 6.07) is 18.4. The van der Waals surface area contributed by atoms with Gasteiger partial charge >= 0.3 is 0 Å². The number of benzene rings is 2. The monoisotopic (exact) mass is 410 g/mol. The first kappa shape index (κ1) is 18.7. The third-order valence-electron chi connectivity index (χ3n) is 4.95. The lowest BCUT2D eigenvalue weighted by molar-refractivity contribution is 0.340. The first-order chi connectivity index (χ1) is 15.2. The summed E-state index contributed by atoms with van der Waals surface area (Å²) >= 11 is 0. The van der Waals surface area contributed by atoms with Crippen molar-refractivity contribution < 1.29 is 9.26 Å². The van der Waals surface area contributed by atoms with Gasteiger partial charge in [0.05, 0.1) is 12.2 Å². The lowest BCUT2D eigenvalue weighted by Gasteiger charge is -2.11. The van der Waals surface area contributed by atoms with Crippen molar-refractivity contribution in [3.63, 3.8) is 0 Å². The van der Waals surface area contributed by atoms with Gasteiger partial charge in [-0.15, -0.1) is 0 Å². The molecule has 7 nitrogen and oxygen atoms in total. The Morgan fingerprint density at radius 3 is 2.45 bits per heavy atom. The molecule has 0 atom stereocenters. The summed E-state index contributed by atoms with van der Waals surface area (Å²) in [4.78, 5) is 21.8. The van der Waals surface area contributed by atoms with Crippen LogP contribution in [0.3, 0.4) is 0 Å². The summed E-state index contributed by atoms with van der Waals surface area (Å²) in [7, 11) is 0. The Labute approximate surface area is 177 Å². The molecule has 0 unspecified atom stereocenters. The predicted molar refractivity (Wildman–Crippen MR) is 117 cm³/mol. The molecule has 0 aliphatic rings. The number of rotatable bonds is 5. The van der Waals surface area contributed by atoms with Crippen LogP contribution < -0.4 is 10.3 Å². The number of nitrogens with zero attached hydrogens (tertiary/aromatic N) is 4. The Bertz CT molecular complexity index is 1410. The van der Waals surface area contributed by atoms with Crippen LogP contribution in [0, 0.1) is 0 Å². The van der Waals surface area contributed by atoms with Gasteiger partial charge in [0.1, 0.15) is 5.75 Å². The van der Waals surface area contributed by atoms with Gasteiger partial charge in [-0.25, -0.2) is 0 Å². The van der Waals surface area contributed by atoms with Crippen molar-refractivity contribution in [2.75, 3.05) is 6.61 Å². The van der Waals surface area contributed by atoms with E-state index < -0.39 is 0 Å². The first-order valence-electron chi connectivity index (χ1n) is 9.86. The molecule has 2 aromatic carbocycles. The smallest absolute Gasteiger partial charge is 0.262 e. The van der Waals surface area contributed by atoms with Crippen LogP contribution in [-0.4, -0.2) is 26.3 Å². The van der Waals surface area contributed by atoms with Crippen LogP contribution in [0.4, 0.5) is 0 Å². The number of ether oxygens (including phenoxy) is 1. The maximum Gasteiger partial charge on any atom is 0.262 e. The molecule has 5 aromatic rings. The van der Waals surface area contributed by atoms with Crippen molar-refractivity contribution in [2.45, 2.75) is 6.92 Å². The molecule has 31 heavy (non-hydrogen) atoms. The highest BCUT2D eigenvalue weighted by Gasteiger charge is 2.17. The minimum atomic E-state index is -0.127. The molecular weight excluding hydrogens is 392 g/mol. The number of fused-ring (bicyclic) bond motifs is 1. The molecule has 0 aliphatic heterocycles. The SMILES string of the molecule is CCOc1ccc(-n2cc(-c3nc(-c4ccncc4)no3)c3ccccc3c2=O)cc1. The molecule has 0 saturated heterocycles. The third-order valence-corrected chi connectivity index (χ3v) is 4.95. The van der Waals surface area contributed by atoms with Gasteiger partial charge in [0.2, 0.25) is 5.82 Å². The second-order valence-corrected chi connectivity index (χ2v) is 6.85. The average molecular weight is 410 g/mol. The van der Waals surface area contributed by atoms with Gasteiger partial charge in [-0.1, -0.05) is 23.4 Å². The molecule has 0 saturated carbocycles. The van der Waals surface area contributed by atoms with E-state index in [0.717, 1.165) is 16.7 Å². The molecule has 3 heterocycles. The Kier molecular flexibility index (Phi) is 4.76.